The molecule has 2 N–H and O–H groups in total. The zero-order valence-electron chi connectivity index (χ0n) is 11.5. The molecule has 1 saturated heterocycles. The Bertz CT molecular complexity index is 176. The number of morpholine rings is 1. The highest BCUT2D eigenvalue weighted by Crippen LogP contribution is 2.10. The largest absolute Gasteiger partial charge is 0.378 e. The number of ether oxygens (including phenoxy) is 1. The van der Waals surface area contributed by atoms with Crippen LogP contribution in [0.3, 0.4) is 0 Å². The number of hydrogen-bond donors (Lipinski definition) is 1. The fraction of sp³-hybridized carbons (Fsp3) is 1.00. The summed E-state index contributed by atoms with van der Waals surface area (Å²) in [5.41, 5.74) is 5.76. The van der Waals surface area contributed by atoms with E-state index in [1.165, 1.54) is 51.5 Å². The highest BCUT2D eigenvalue weighted by Gasteiger charge is 2.20. The summed E-state index contributed by atoms with van der Waals surface area (Å²) in [5.74, 6) is 0. The number of hydrogen-bond acceptors (Lipinski definition) is 3. The maximum atomic E-state index is 5.76. The number of nitrogens with two attached hydrogens (primary N) is 1. The molecule has 0 aliphatic carbocycles. The average molecular weight is 242 g/mol. The summed E-state index contributed by atoms with van der Waals surface area (Å²) < 4.78 is 5.45. The van der Waals surface area contributed by atoms with E-state index in [2.05, 4.69) is 11.8 Å². The predicted molar refractivity (Wildman–Crippen MR) is 73.2 cm³/mol. The van der Waals surface area contributed by atoms with Crippen LogP contribution in [0.4, 0.5) is 0 Å². The van der Waals surface area contributed by atoms with Gasteiger partial charge in [0.15, 0.2) is 0 Å². The number of unbranched alkanes of at least 4 members (excludes halogenated alkanes) is 6. The van der Waals surface area contributed by atoms with Gasteiger partial charge in [0.2, 0.25) is 0 Å². The van der Waals surface area contributed by atoms with E-state index in [0.29, 0.717) is 6.04 Å². The van der Waals surface area contributed by atoms with Gasteiger partial charge in [-0.05, 0) is 13.0 Å². The maximum absolute atomic E-state index is 5.76. The van der Waals surface area contributed by atoms with Gasteiger partial charge in [-0.25, -0.2) is 0 Å². The molecule has 3 heteroatoms. The van der Waals surface area contributed by atoms with Gasteiger partial charge in [0.1, 0.15) is 0 Å². The Hall–Kier alpha value is -0.120. The minimum atomic E-state index is 0.462. The summed E-state index contributed by atoms with van der Waals surface area (Å²) >= 11 is 0. The first-order valence-electron chi connectivity index (χ1n) is 7.40. The molecule has 3 nitrogen and oxygen atoms in total. The molecule has 17 heavy (non-hydrogen) atoms. The van der Waals surface area contributed by atoms with Crippen molar-refractivity contribution in [1.29, 1.82) is 0 Å². The van der Waals surface area contributed by atoms with E-state index in [1.807, 2.05) is 0 Å². The third-order valence-electron chi connectivity index (χ3n) is 3.67. The molecular formula is C14H30N2O. The molecule has 0 aromatic carbocycles. The topological polar surface area (TPSA) is 38.5 Å². The molecule has 0 bridgehead atoms. The Morgan fingerprint density at radius 2 is 1.82 bits per heavy atom. The van der Waals surface area contributed by atoms with E-state index in [4.69, 9.17) is 10.5 Å². The standard InChI is InChI=1S/C14H30N2O/c1-2-3-4-5-6-7-8-9-16-10-11-17-13-14(16)12-15/h14H,2-13,15H2,1H3. The lowest BCUT2D eigenvalue weighted by molar-refractivity contribution is -0.00446. The van der Waals surface area contributed by atoms with Crippen molar-refractivity contribution in [3.05, 3.63) is 0 Å². The molecule has 1 rings (SSSR count). The highest BCUT2D eigenvalue weighted by molar-refractivity contribution is 4.75. The van der Waals surface area contributed by atoms with Crippen molar-refractivity contribution < 1.29 is 4.74 Å². The third-order valence-corrected chi connectivity index (χ3v) is 3.67. The molecule has 1 fully saturated rings. The Morgan fingerprint density at radius 3 is 2.53 bits per heavy atom. The second-order valence-corrected chi connectivity index (χ2v) is 5.12. The van der Waals surface area contributed by atoms with Gasteiger partial charge in [-0.3, -0.25) is 4.90 Å². The Kier molecular flexibility index (Phi) is 8.67. The van der Waals surface area contributed by atoms with Crippen LogP contribution in [-0.2, 0) is 4.74 Å². The first-order chi connectivity index (χ1) is 8.38. The van der Waals surface area contributed by atoms with Crippen molar-refractivity contribution in [3.8, 4) is 0 Å². The lowest BCUT2D eigenvalue weighted by atomic mass is 10.1. The normalized spacial score (nSPS) is 21.9. The van der Waals surface area contributed by atoms with Crippen molar-refractivity contribution in [2.45, 2.75) is 57.9 Å². The van der Waals surface area contributed by atoms with Crippen molar-refractivity contribution in [3.63, 3.8) is 0 Å². The molecule has 1 atom stereocenters. The zero-order chi connectivity index (χ0) is 12.3. The van der Waals surface area contributed by atoms with E-state index in [-0.39, 0.29) is 0 Å². The molecule has 0 aromatic rings. The van der Waals surface area contributed by atoms with Crippen molar-refractivity contribution in [2.24, 2.45) is 5.73 Å². The first-order valence-corrected chi connectivity index (χ1v) is 7.40. The van der Waals surface area contributed by atoms with Gasteiger partial charge in [0.25, 0.3) is 0 Å². The minimum Gasteiger partial charge on any atom is -0.378 e. The molecule has 1 unspecified atom stereocenters. The van der Waals surface area contributed by atoms with Crippen molar-refractivity contribution in [2.75, 3.05) is 32.8 Å². The van der Waals surface area contributed by atoms with Gasteiger partial charge in [-0.1, -0.05) is 45.4 Å². The first kappa shape index (κ1) is 14.9. The van der Waals surface area contributed by atoms with E-state index < -0.39 is 0 Å². The molecule has 102 valence electrons. The summed E-state index contributed by atoms with van der Waals surface area (Å²) in [4.78, 5) is 2.51. The molecule has 1 aliphatic rings. The molecule has 0 amide bonds. The van der Waals surface area contributed by atoms with Crippen LogP contribution in [0.1, 0.15) is 51.9 Å². The SMILES string of the molecule is CCCCCCCCCN1CCOCC1CN. The molecule has 0 spiro atoms. The minimum absolute atomic E-state index is 0.462. The number of rotatable bonds is 9. The van der Waals surface area contributed by atoms with Gasteiger partial charge in [-0.2, -0.15) is 0 Å². The summed E-state index contributed by atoms with van der Waals surface area (Å²) in [6, 6.07) is 0.462. The summed E-state index contributed by atoms with van der Waals surface area (Å²) in [6.07, 6.45) is 9.67. The summed E-state index contributed by atoms with van der Waals surface area (Å²) in [6.45, 7) is 6.98. The number of nitrogens with zero attached hydrogens (tertiary/aromatic N) is 1. The average Bonchev–Trinajstić information content (AvgIpc) is 2.38. The summed E-state index contributed by atoms with van der Waals surface area (Å²) in [5, 5.41) is 0. The second kappa shape index (κ2) is 9.86. The smallest absolute Gasteiger partial charge is 0.0634 e. The van der Waals surface area contributed by atoms with Gasteiger partial charge in [0, 0.05) is 19.1 Å². The lowest BCUT2D eigenvalue weighted by Crippen LogP contribution is -2.49. The van der Waals surface area contributed by atoms with Gasteiger partial charge >= 0.3 is 0 Å². The van der Waals surface area contributed by atoms with Gasteiger partial charge in [-0.15, -0.1) is 0 Å². The molecule has 0 radical (unpaired) electrons. The molecule has 0 saturated carbocycles. The Balaban J connectivity index is 1.97. The van der Waals surface area contributed by atoms with Crippen molar-refractivity contribution in [1.82, 2.24) is 4.90 Å². The summed E-state index contributed by atoms with van der Waals surface area (Å²) in [7, 11) is 0. The van der Waals surface area contributed by atoms with Crippen LogP contribution in [0.5, 0.6) is 0 Å². The zero-order valence-corrected chi connectivity index (χ0v) is 11.5. The van der Waals surface area contributed by atoms with Crippen LogP contribution in [0, 0.1) is 0 Å². The van der Waals surface area contributed by atoms with Crippen LogP contribution in [0.25, 0.3) is 0 Å². The van der Waals surface area contributed by atoms with E-state index in [0.717, 1.165) is 26.3 Å². The lowest BCUT2D eigenvalue weighted by Gasteiger charge is -2.34. The van der Waals surface area contributed by atoms with Crippen LogP contribution >= 0.6 is 0 Å². The quantitative estimate of drug-likeness (QED) is 0.631. The van der Waals surface area contributed by atoms with Crippen LogP contribution < -0.4 is 5.73 Å². The monoisotopic (exact) mass is 242 g/mol. The maximum Gasteiger partial charge on any atom is 0.0634 e. The Morgan fingerprint density at radius 1 is 1.12 bits per heavy atom. The van der Waals surface area contributed by atoms with E-state index in [1.54, 1.807) is 0 Å². The molecule has 1 heterocycles. The fourth-order valence-corrected chi connectivity index (χ4v) is 2.47. The van der Waals surface area contributed by atoms with Crippen LogP contribution in [-0.4, -0.2) is 43.8 Å². The molecule has 0 aromatic heterocycles. The molecular weight excluding hydrogens is 212 g/mol. The Labute approximate surface area is 107 Å². The van der Waals surface area contributed by atoms with Gasteiger partial charge < -0.3 is 10.5 Å². The van der Waals surface area contributed by atoms with E-state index >= 15 is 0 Å². The second-order valence-electron chi connectivity index (χ2n) is 5.12. The van der Waals surface area contributed by atoms with E-state index in [9.17, 15) is 0 Å². The predicted octanol–water partition coefficient (Wildman–Crippen LogP) is 2.40. The van der Waals surface area contributed by atoms with Crippen molar-refractivity contribution >= 4 is 0 Å². The van der Waals surface area contributed by atoms with Crippen LogP contribution in [0.2, 0.25) is 0 Å². The fourth-order valence-electron chi connectivity index (χ4n) is 2.47. The van der Waals surface area contributed by atoms with Crippen LogP contribution in [0.15, 0.2) is 0 Å². The van der Waals surface area contributed by atoms with Gasteiger partial charge in [0.05, 0.1) is 13.2 Å². The third kappa shape index (κ3) is 6.39. The molecule has 1 aliphatic heterocycles. The highest BCUT2D eigenvalue weighted by atomic mass is 16.5.